The highest BCUT2D eigenvalue weighted by Gasteiger charge is 2.23. The monoisotopic (exact) mass is 293 g/mol. The van der Waals surface area contributed by atoms with E-state index < -0.39 is 0 Å². The van der Waals surface area contributed by atoms with Crippen molar-refractivity contribution >= 4 is 16.3 Å². The zero-order valence-corrected chi connectivity index (χ0v) is 12.6. The van der Waals surface area contributed by atoms with E-state index in [0.717, 1.165) is 36.8 Å². The molecule has 2 atom stereocenters. The smallest absolute Gasteiger partial charge is 0.275 e. The lowest BCUT2D eigenvalue weighted by molar-refractivity contribution is 0.158. The Morgan fingerprint density at radius 1 is 1.50 bits per heavy atom. The SMILES string of the molecule is Cc1cc(=O)n2nc(CN3CC(C)CC(N)C3)sc2n1. The summed E-state index contributed by atoms with van der Waals surface area (Å²) in [5.74, 6) is 0.608. The van der Waals surface area contributed by atoms with Crippen LogP contribution in [0.25, 0.3) is 4.96 Å². The summed E-state index contributed by atoms with van der Waals surface area (Å²) in [7, 11) is 0. The molecule has 2 unspecified atom stereocenters. The summed E-state index contributed by atoms with van der Waals surface area (Å²) in [5.41, 5.74) is 6.68. The van der Waals surface area contributed by atoms with Gasteiger partial charge in [0.25, 0.3) is 5.56 Å². The number of fused-ring (bicyclic) bond motifs is 1. The molecule has 1 saturated heterocycles. The molecule has 2 aromatic heterocycles. The maximum atomic E-state index is 11.8. The van der Waals surface area contributed by atoms with Crippen LogP contribution in [0.15, 0.2) is 10.9 Å². The largest absolute Gasteiger partial charge is 0.327 e. The van der Waals surface area contributed by atoms with E-state index in [2.05, 4.69) is 21.9 Å². The molecule has 3 rings (SSSR count). The molecule has 0 aromatic carbocycles. The molecule has 20 heavy (non-hydrogen) atoms. The van der Waals surface area contributed by atoms with E-state index in [1.807, 2.05) is 6.92 Å². The minimum absolute atomic E-state index is 0.112. The fourth-order valence-electron chi connectivity index (χ4n) is 2.86. The van der Waals surface area contributed by atoms with Crippen molar-refractivity contribution in [3.8, 4) is 0 Å². The van der Waals surface area contributed by atoms with Crippen LogP contribution in [0, 0.1) is 12.8 Å². The second kappa shape index (κ2) is 5.23. The van der Waals surface area contributed by atoms with Gasteiger partial charge in [-0.2, -0.15) is 9.61 Å². The fraction of sp³-hybridized carbons (Fsp3) is 0.615. The Bertz CT molecular complexity index is 669. The lowest BCUT2D eigenvalue weighted by Crippen LogP contribution is -2.45. The molecule has 2 N–H and O–H groups in total. The number of piperidine rings is 1. The molecule has 1 fully saturated rings. The van der Waals surface area contributed by atoms with Gasteiger partial charge in [0.15, 0.2) is 0 Å². The summed E-state index contributed by atoms with van der Waals surface area (Å²) in [6, 6.07) is 1.74. The number of hydrogen-bond acceptors (Lipinski definition) is 6. The first-order valence-electron chi connectivity index (χ1n) is 6.85. The van der Waals surface area contributed by atoms with Gasteiger partial charge in [-0.25, -0.2) is 4.98 Å². The van der Waals surface area contributed by atoms with Gasteiger partial charge < -0.3 is 5.73 Å². The molecule has 2 aromatic rings. The Labute approximate surface area is 121 Å². The van der Waals surface area contributed by atoms with Gasteiger partial charge in [-0.15, -0.1) is 0 Å². The summed E-state index contributed by atoms with van der Waals surface area (Å²) in [5, 5.41) is 5.29. The van der Waals surface area contributed by atoms with E-state index in [1.165, 1.54) is 21.9 Å². The van der Waals surface area contributed by atoms with Crippen molar-refractivity contribution in [3.05, 3.63) is 27.1 Å². The molecule has 0 spiro atoms. The van der Waals surface area contributed by atoms with Crippen LogP contribution in [0.1, 0.15) is 24.0 Å². The summed E-state index contributed by atoms with van der Waals surface area (Å²) < 4.78 is 1.39. The van der Waals surface area contributed by atoms with E-state index in [1.54, 1.807) is 0 Å². The van der Waals surface area contributed by atoms with Crippen molar-refractivity contribution in [2.75, 3.05) is 13.1 Å². The van der Waals surface area contributed by atoms with E-state index in [9.17, 15) is 4.79 Å². The topological polar surface area (TPSA) is 76.5 Å². The third kappa shape index (κ3) is 2.74. The lowest BCUT2D eigenvalue weighted by Gasteiger charge is -2.34. The number of hydrogen-bond donors (Lipinski definition) is 1. The first-order chi connectivity index (χ1) is 9.51. The molecular weight excluding hydrogens is 274 g/mol. The number of aryl methyl sites for hydroxylation is 1. The van der Waals surface area contributed by atoms with Crippen LogP contribution < -0.4 is 11.3 Å². The van der Waals surface area contributed by atoms with E-state index in [-0.39, 0.29) is 11.6 Å². The molecule has 0 saturated carbocycles. The third-order valence-electron chi connectivity index (χ3n) is 3.54. The Morgan fingerprint density at radius 2 is 2.30 bits per heavy atom. The van der Waals surface area contributed by atoms with E-state index in [0.29, 0.717) is 10.9 Å². The predicted molar refractivity (Wildman–Crippen MR) is 78.9 cm³/mol. The third-order valence-corrected chi connectivity index (χ3v) is 4.43. The number of rotatable bonds is 2. The molecule has 0 radical (unpaired) electrons. The van der Waals surface area contributed by atoms with Gasteiger partial charge in [-0.3, -0.25) is 9.69 Å². The normalized spacial score (nSPS) is 24.4. The molecule has 0 amide bonds. The second-order valence-electron chi connectivity index (χ2n) is 5.72. The molecular formula is C13H19N5OS. The van der Waals surface area contributed by atoms with Crippen molar-refractivity contribution in [2.45, 2.75) is 32.9 Å². The van der Waals surface area contributed by atoms with Crippen LogP contribution in [0.5, 0.6) is 0 Å². The van der Waals surface area contributed by atoms with Gasteiger partial charge in [0.2, 0.25) is 4.96 Å². The highest BCUT2D eigenvalue weighted by Crippen LogP contribution is 2.19. The quantitative estimate of drug-likeness (QED) is 0.879. The maximum Gasteiger partial charge on any atom is 0.275 e. The minimum atomic E-state index is -0.112. The Kier molecular flexibility index (Phi) is 3.57. The van der Waals surface area contributed by atoms with Crippen LogP contribution in [0.4, 0.5) is 0 Å². The van der Waals surface area contributed by atoms with Gasteiger partial charge in [-0.05, 0) is 19.3 Å². The van der Waals surface area contributed by atoms with E-state index in [4.69, 9.17) is 5.73 Å². The number of nitrogens with zero attached hydrogens (tertiary/aromatic N) is 4. The van der Waals surface area contributed by atoms with Gasteiger partial charge in [0, 0.05) is 30.9 Å². The summed E-state index contributed by atoms with van der Waals surface area (Å²) in [6.07, 6.45) is 1.08. The Morgan fingerprint density at radius 3 is 3.05 bits per heavy atom. The molecule has 3 heterocycles. The van der Waals surface area contributed by atoms with Gasteiger partial charge in [-0.1, -0.05) is 18.3 Å². The lowest BCUT2D eigenvalue weighted by atomic mass is 9.97. The standard InChI is InChI=1S/C13H19N5OS/c1-8-3-10(14)6-17(5-8)7-11-16-18-12(19)4-9(2)15-13(18)20-11/h4,8,10H,3,5-7,14H2,1-2H3. The predicted octanol–water partition coefficient (Wildman–Crippen LogP) is 0.629. The maximum absolute atomic E-state index is 11.8. The molecule has 0 aliphatic carbocycles. The molecule has 7 heteroatoms. The summed E-state index contributed by atoms with van der Waals surface area (Å²) in [4.78, 5) is 19.2. The van der Waals surface area contributed by atoms with Crippen LogP contribution in [0.2, 0.25) is 0 Å². The van der Waals surface area contributed by atoms with Crippen molar-refractivity contribution < 1.29 is 0 Å². The van der Waals surface area contributed by atoms with Crippen molar-refractivity contribution in [3.63, 3.8) is 0 Å². The van der Waals surface area contributed by atoms with Crippen LogP contribution in [-0.4, -0.2) is 38.6 Å². The Hall–Kier alpha value is -1.31. The van der Waals surface area contributed by atoms with Crippen LogP contribution in [-0.2, 0) is 6.54 Å². The highest BCUT2D eigenvalue weighted by atomic mass is 32.1. The molecule has 0 bridgehead atoms. The van der Waals surface area contributed by atoms with Crippen LogP contribution in [0.3, 0.4) is 0 Å². The second-order valence-corrected chi connectivity index (χ2v) is 6.76. The van der Waals surface area contributed by atoms with Crippen molar-refractivity contribution in [2.24, 2.45) is 11.7 Å². The van der Waals surface area contributed by atoms with Crippen molar-refractivity contribution in [1.82, 2.24) is 19.5 Å². The van der Waals surface area contributed by atoms with Crippen molar-refractivity contribution in [1.29, 1.82) is 0 Å². The number of nitrogens with two attached hydrogens (primary N) is 1. The zero-order chi connectivity index (χ0) is 14.3. The van der Waals surface area contributed by atoms with Gasteiger partial charge >= 0.3 is 0 Å². The number of likely N-dealkylation sites (tertiary alicyclic amines) is 1. The van der Waals surface area contributed by atoms with Gasteiger partial charge in [0.05, 0.1) is 6.54 Å². The van der Waals surface area contributed by atoms with Gasteiger partial charge in [0.1, 0.15) is 5.01 Å². The summed E-state index contributed by atoms with van der Waals surface area (Å²) in [6.45, 7) is 6.71. The first kappa shape index (κ1) is 13.7. The average Bonchev–Trinajstić information content (AvgIpc) is 2.70. The average molecular weight is 293 g/mol. The van der Waals surface area contributed by atoms with E-state index >= 15 is 0 Å². The number of aromatic nitrogens is 3. The van der Waals surface area contributed by atoms with Crippen LogP contribution >= 0.6 is 11.3 Å². The molecule has 6 nitrogen and oxygen atoms in total. The zero-order valence-electron chi connectivity index (χ0n) is 11.7. The first-order valence-corrected chi connectivity index (χ1v) is 7.67. The molecule has 108 valence electrons. The molecule has 1 aliphatic heterocycles. The molecule has 1 aliphatic rings. The Balaban J connectivity index is 1.84. The minimum Gasteiger partial charge on any atom is -0.327 e. The highest BCUT2D eigenvalue weighted by molar-refractivity contribution is 7.16. The summed E-state index contributed by atoms with van der Waals surface area (Å²) >= 11 is 1.48. The fourth-order valence-corrected chi connectivity index (χ4v) is 3.84.